The van der Waals surface area contributed by atoms with Crippen LogP contribution in [-0.2, 0) is 0 Å². The summed E-state index contributed by atoms with van der Waals surface area (Å²) < 4.78 is 5.82. The lowest BCUT2D eigenvalue weighted by molar-refractivity contribution is 0.294. The zero-order valence-corrected chi connectivity index (χ0v) is 13.2. The van der Waals surface area contributed by atoms with E-state index in [0.717, 1.165) is 18.3 Å². The fraction of sp³-hybridized carbons (Fsp3) is 0.667. The van der Waals surface area contributed by atoms with Crippen LogP contribution in [0, 0.1) is 12.8 Å². The Kier molecular flexibility index (Phi) is 5.90. The number of aryl methyl sites for hydroxylation is 1. The summed E-state index contributed by atoms with van der Waals surface area (Å²) in [4.78, 5) is 0. The molecule has 0 radical (unpaired) electrons. The van der Waals surface area contributed by atoms with E-state index in [4.69, 9.17) is 4.74 Å². The average molecular weight is 275 g/mol. The largest absolute Gasteiger partial charge is 0.494 e. The fourth-order valence-corrected chi connectivity index (χ4v) is 3.38. The maximum Gasteiger partial charge on any atom is 0.124 e. The van der Waals surface area contributed by atoms with Gasteiger partial charge in [-0.05, 0) is 39.3 Å². The van der Waals surface area contributed by atoms with E-state index >= 15 is 0 Å². The van der Waals surface area contributed by atoms with Gasteiger partial charge in [0.1, 0.15) is 5.75 Å². The molecule has 0 bridgehead atoms. The van der Waals surface area contributed by atoms with E-state index in [1.165, 1.54) is 49.7 Å². The molecule has 1 aromatic carbocycles. The van der Waals surface area contributed by atoms with Crippen LogP contribution in [0.1, 0.15) is 62.6 Å². The van der Waals surface area contributed by atoms with Crippen LogP contribution in [0.4, 0.5) is 0 Å². The van der Waals surface area contributed by atoms with Crippen LogP contribution in [0.25, 0.3) is 0 Å². The molecule has 0 aliphatic heterocycles. The Morgan fingerprint density at radius 1 is 1.25 bits per heavy atom. The normalized spacial score (nSPS) is 17.9. The molecule has 0 aromatic heterocycles. The molecule has 1 aliphatic rings. The van der Waals surface area contributed by atoms with Gasteiger partial charge in [0.25, 0.3) is 0 Å². The molecule has 0 spiro atoms. The van der Waals surface area contributed by atoms with Gasteiger partial charge >= 0.3 is 0 Å². The molecule has 2 rings (SSSR count). The van der Waals surface area contributed by atoms with Gasteiger partial charge in [-0.3, -0.25) is 0 Å². The van der Waals surface area contributed by atoms with E-state index < -0.39 is 0 Å². The Morgan fingerprint density at radius 3 is 2.65 bits per heavy atom. The minimum absolute atomic E-state index is 0.416. The highest BCUT2D eigenvalue weighted by atomic mass is 16.5. The molecule has 1 unspecified atom stereocenters. The maximum atomic E-state index is 5.82. The first-order valence-electron chi connectivity index (χ1n) is 8.15. The zero-order valence-electron chi connectivity index (χ0n) is 13.2. The second kappa shape index (κ2) is 7.68. The molecule has 1 saturated carbocycles. The predicted octanol–water partition coefficient (Wildman–Crippen LogP) is 4.62. The lowest BCUT2D eigenvalue weighted by Gasteiger charge is -2.28. The molecular formula is C18H29NO. The molecule has 2 heteroatoms. The van der Waals surface area contributed by atoms with Crippen LogP contribution in [0.3, 0.4) is 0 Å². The van der Waals surface area contributed by atoms with Crippen LogP contribution < -0.4 is 10.1 Å². The van der Waals surface area contributed by atoms with E-state index in [1.807, 2.05) is 0 Å². The second-order valence-electron chi connectivity index (χ2n) is 6.06. The third-order valence-electron chi connectivity index (χ3n) is 4.48. The standard InChI is InChI=1S/C18H29NO/c1-4-20-18-11-10-14(2)12-16(18)17(19-3)13-15-8-6-5-7-9-15/h10-12,15,17,19H,4-9,13H2,1-3H3. The summed E-state index contributed by atoms with van der Waals surface area (Å²) in [6.45, 7) is 4.95. The number of rotatable bonds is 6. The maximum absolute atomic E-state index is 5.82. The predicted molar refractivity (Wildman–Crippen MR) is 85.3 cm³/mol. The Hall–Kier alpha value is -1.02. The van der Waals surface area contributed by atoms with Crippen molar-refractivity contribution < 1.29 is 4.74 Å². The van der Waals surface area contributed by atoms with Crippen molar-refractivity contribution in [1.82, 2.24) is 5.32 Å². The topological polar surface area (TPSA) is 21.3 Å². The van der Waals surface area contributed by atoms with E-state index in [2.05, 4.69) is 44.4 Å². The molecule has 2 nitrogen and oxygen atoms in total. The SMILES string of the molecule is CCOc1ccc(C)cc1C(CC1CCCCC1)NC. The van der Waals surface area contributed by atoms with Crippen molar-refractivity contribution in [3.8, 4) is 5.75 Å². The molecule has 0 saturated heterocycles. The van der Waals surface area contributed by atoms with Gasteiger partial charge in [0.15, 0.2) is 0 Å². The van der Waals surface area contributed by atoms with Gasteiger partial charge in [0, 0.05) is 11.6 Å². The number of benzene rings is 1. The smallest absolute Gasteiger partial charge is 0.124 e. The van der Waals surface area contributed by atoms with Crippen molar-refractivity contribution in [1.29, 1.82) is 0 Å². The van der Waals surface area contributed by atoms with Gasteiger partial charge in [-0.25, -0.2) is 0 Å². The fourth-order valence-electron chi connectivity index (χ4n) is 3.38. The van der Waals surface area contributed by atoms with Crippen molar-refractivity contribution in [2.24, 2.45) is 5.92 Å². The summed E-state index contributed by atoms with van der Waals surface area (Å²) in [5, 5.41) is 3.51. The highest BCUT2D eigenvalue weighted by Gasteiger charge is 2.21. The highest BCUT2D eigenvalue weighted by molar-refractivity contribution is 5.39. The number of ether oxygens (including phenoxy) is 1. The van der Waals surface area contributed by atoms with Crippen LogP contribution >= 0.6 is 0 Å². The molecule has 112 valence electrons. The Morgan fingerprint density at radius 2 is 2.00 bits per heavy atom. The summed E-state index contributed by atoms with van der Waals surface area (Å²) >= 11 is 0. The molecule has 1 aromatic rings. The lowest BCUT2D eigenvalue weighted by atomic mass is 9.83. The summed E-state index contributed by atoms with van der Waals surface area (Å²) in [5.41, 5.74) is 2.65. The van der Waals surface area contributed by atoms with Crippen LogP contribution in [0.2, 0.25) is 0 Å². The van der Waals surface area contributed by atoms with E-state index in [0.29, 0.717) is 6.04 Å². The van der Waals surface area contributed by atoms with E-state index in [-0.39, 0.29) is 0 Å². The Balaban J connectivity index is 2.14. The van der Waals surface area contributed by atoms with Crippen molar-refractivity contribution in [3.05, 3.63) is 29.3 Å². The van der Waals surface area contributed by atoms with Gasteiger partial charge in [-0.15, -0.1) is 0 Å². The molecule has 1 aliphatic carbocycles. The molecule has 0 amide bonds. The number of hydrogen-bond acceptors (Lipinski definition) is 2. The molecule has 20 heavy (non-hydrogen) atoms. The summed E-state index contributed by atoms with van der Waals surface area (Å²) in [5.74, 6) is 1.92. The van der Waals surface area contributed by atoms with Crippen molar-refractivity contribution in [2.75, 3.05) is 13.7 Å². The molecule has 1 N–H and O–H groups in total. The minimum Gasteiger partial charge on any atom is -0.494 e. The van der Waals surface area contributed by atoms with Gasteiger partial charge < -0.3 is 10.1 Å². The number of nitrogens with one attached hydrogen (secondary N) is 1. The Bertz CT molecular complexity index is 410. The number of hydrogen-bond donors (Lipinski definition) is 1. The lowest BCUT2D eigenvalue weighted by Crippen LogP contribution is -2.22. The van der Waals surface area contributed by atoms with Crippen LogP contribution in [-0.4, -0.2) is 13.7 Å². The van der Waals surface area contributed by atoms with Gasteiger partial charge in [-0.1, -0.05) is 49.8 Å². The summed E-state index contributed by atoms with van der Waals surface area (Å²) in [6.07, 6.45) is 8.28. The molecular weight excluding hydrogens is 246 g/mol. The van der Waals surface area contributed by atoms with Gasteiger partial charge in [-0.2, -0.15) is 0 Å². The average Bonchev–Trinajstić information content (AvgIpc) is 2.48. The van der Waals surface area contributed by atoms with Gasteiger partial charge in [0.2, 0.25) is 0 Å². The van der Waals surface area contributed by atoms with Crippen LogP contribution in [0.5, 0.6) is 5.75 Å². The molecule has 1 atom stereocenters. The molecule has 0 heterocycles. The zero-order chi connectivity index (χ0) is 14.4. The Labute approximate surface area is 123 Å². The van der Waals surface area contributed by atoms with E-state index in [9.17, 15) is 0 Å². The van der Waals surface area contributed by atoms with Crippen molar-refractivity contribution in [2.45, 2.75) is 58.4 Å². The van der Waals surface area contributed by atoms with Crippen molar-refractivity contribution in [3.63, 3.8) is 0 Å². The van der Waals surface area contributed by atoms with E-state index in [1.54, 1.807) is 0 Å². The van der Waals surface area contributed by atoms with Crippen molar-refractivity contribution >= 4 is 0 Å². The summed E-state index contributed by atoms with van der Waals surface area (Å²) in [6, 6.07) is 6.97. The first kappa shape index (κ1) is 15.4. The van der Waals surface area contributed by atoms with Gasteiger partial charge in [0.05, 0.1) is 6.61 Å². The second-order valence-corrected chi connectivity index (χ2v) is 6.06. The summed E-state index contributed by atoms with van der Waals surface area (Å²) in [7, 11) is 2.07. The monoisotopic (exact) mass is 275 g/mol. The third-order valence-corrected chi connectivity index (χ3v) is 4.48. The third kappa shape index (κ3) is 3.99. The first-order valence-corrected chi connectivity index (χ1v) is 8.15. The minimum atomic E-state index is 0.416. The quantitative estimate of drug-likeness (QED) is 0.817. The molecule has 1 fully saturated rings. The first-order chi connectivity index (χ1) is 9.74. The van der Waals surface area contributed by atoms with Crippen LogP contribution in [0.15, 0.2) is 18.2 Å². The highest BCUT2D eigenvalue weighted by Crippen LogP contribution is 2.35.